The Balaban J connectivity index is 1.85. The molecule has 2 rings (SSSR count). The third kappa shape index (κ3) is 4.43. The lowest BCUT2D eigenvalue weighted by Gasteiger charge is -2.32. The Morgan fingerprint density at radius 3 is 3.16 bits per heavy atom. The number of amides is 1. The van der Waals surface area contributed by atoms with E-state index in [-0.39, 0.29) is 11.9 Å². The first-order valence-corrected chi connectivity index (χ1v) is 7.43. The number of piperidine rings is 1. The van der Waals surface area contributed by atoms with E-state index in [9.17, 15) is 4.79 Å². The Morgan fingerprint density at radius 1 is 1.58 bits per heavy atom. The summed E-state index contributed by atoms with van der Waals surface area (Å²) in [5.74, 6) is 0.0430. The van der Waals surface area contributed by atoms with E-state index in [0.29, 0.717) is 11.8 Å². The number of aromatic nitrogens is 2. The third-order valence-corrected chi connectivity index (χ3v) is 3.81. The van der Waals surface area contributed by atoms with Crippen LogP contribution in [0, 0.1) is 0 Å². The number of hydrogen-bond acceptors (Lipinski definition) is 6. The summed E-state index contributed by atoms with van der Waals surface area (Å²) in [6.45, 7) is 6.81. The normalized spacial score (nSPS) is 20.2. The van der Waals surface area contributed by atoms with Gasteiger partial charge in [0.2, 0.25) is 5.91 Å². The van der Waals surface area contributed by atoms with Crippen LogP contribution in [0.5, 0.6) is 5.19 Å². The summed E-state index contributed by atoms with van der Waals surface area (Å²) >= 11 is 1.49. The van der Waals surface area contributed by atoms with Gasteiger partial charge in [0.25, 0.3) is 5.19 Å². The minimum Gasteiger partial charge on any atom is -0.469 e. The second kappa shape index (κ2) is 6.81. The van der Waals surface area contributed by atoms with Crippen LogP contribution in [0.1, 0.15) is 31.7 Å². The maximum atomic E-state index is 11.1. The molecule has 106 valence electrons. The molecule has 1 aliphatic rings. The van der Waals surface area contributed by atoms with E-state index in [0.717, 1.165) is 37.5 Å². The number of carbonyl (C=O) groups is 1. The average molecular weight is 284 g/mol. The second-order valence-electron chi connectivity index (χ2n) is 4.67. The van der Waals surface area contributed by atoms with Crippen molar-refractivity contribution >= 4 is 17.2 Å². The molecule has 19 heavy (non-hydrogen) atoms. The van der Waals surface area contributed by atoms with Crippen LogP contribution in [0.2, 0.25) is 0 Å². The van der Waals surface area contributed by atoms with Gasteiger partial charge in [-0.1, -0.05) is 11.3 Å². The zero-order valence-corrected chi connectivity index (χ0v) is 12.2. The monoisotopic (exact) mass is 284 g/mol. The topological polar surface area (TPSA) is 67.4 Å². The third-order valence-electron chi connectivity index (χ3n) is 2.99. The van der Waals surface area contributed by atoms with Crippen LogP contribution in [0.15, 0.2) is 0 Å². The number of ether oxygens (including phenoxy) is 1. The zero-order valence-electron chi connectivity index (χ0n) is 11.4. The van der Waals surface area contributed by atoms with Gasteiger partial charge in [0.05, 0.1) is 13.2 Å². The first-order valence-electron chi connectivity index (χ1n) is 6.62. The van der Waals surface area contributed by atoms with Gasteiger partial charge in [-0.05, 0) is 26.3 Å². The molecule has 2 heterocycles. The zero-order chi connectivity index (χ0) is 13.7. The molecule has 0 spiro atoms. The molecule has 1 fully saturated rings. The molecule has 7 heteroatoms. The molecule has 0 radical (unpaired) electrons. The number of rotatable bonds is 5. The standard InChI is InChI=1S/C12H20N4O2S/c1-3-18-12-15-14-11(19-12)8-16-6-4-5-10(7-16)13-9(2)17/h10H,3-8H2,1-2H3,(H,13,17). The van der Waals surface area contributed by atoms with Gasteiger partial charge in [-0.25, -0.2) is 0 Å². The highest BCUT2D eigenvalue weighted by atomic mass is 32.1. The van der Waals surface area contributed by atoms with Gasteiger partial charge in [0.15, 0.2) is 0 Å². The van der Waals surface area contributed by atoms with Crippen molar-refractivity contribution in [3.63, 3.8) is 0 Å². The van der Waals surface area contributed by atoms with Gasteiger partial charge in [0, 0.05) is 19.5 Å². The van der Waals surface area contributed by atoms with Crippen LogP contribution >= 0.6 is 11.3 Å². The molecule has 1 atom stereocenters. The second-order valence-corrected chi connectivity index (χ2v) is 5.69. The van der Waals surface area contributed by atoms with Crippen LogP contribution in [0.4, 0.5) is 0 Å². The summed E-state index contributed by atoms with van der Waals surface area (Å²) in [7, 11) is 0. The van der Waals surface area contributed by atoms with Gasteiger partial charge in [-0.3, -0.25) is 9.69 Å². The lowest BCUT2D eigenvalue weighted by molar-refractivity contribution is -0.120. The Morgan fingerprint density at radius 2 is 2.42 bits per heavy atom. The number of nitrogens with zero attached hydrogens (tertiary/aromatic N) is 3. The molecule has 0 saturated carbocycles. The molecule has 1 aliphatic heterocycles. The van der Waals surface area contributed by atoms with Crippen molar-refractivity contribution in [1.29, 1.82) is 0 Å². The molecule has 0 aliphatic carbocycles. The minimum absolute atomic E-state index is 0.0430. The first kappa shape index (κ1) is 14.2. The smallest absolute Gasteiger partial charge is 0.294 e. The predicted octanol–water partition coefficient (Wildman–Crippen LogP) is 1.04. The van der Waals surface area contributed by atoms with Crippen molar-refractivity contribution in [3.8, 4) is 5.19 Å². The first-order chi connectivity index (χ1) is 9.17. The summed E-state index contributed by atoms with van der Waals surface area (Å²) in [6.07, 6.45) is 2.15. The largest absolute Gasteiger partial charge is 0.469 e. The molecule has 1 saturated heterocycles. The predicted molar refractivity (Wildman–Crippen MR) is 73.2 cm³/mol. The molecule has 1 aromatic heterocycles. The fourth-order valence-electron chi connectivity index (χ4n) is 2.28. The van der Waals surface area contributed by atoms with Gasteiger partial charge >= 0.3 is 0 Å². The lowest BCUT2D eigenvalue weighted by Crippen LogP contribution is -2.46. The highest BCUT2D eigenvalue weighted by Gasteiger charge is 2.21. The highest BCUT2D eigenvalue weighted by Crippen LogP contribution is 2.20. The lowest BCUT2D eigenvalue weighted by atomic mass is 10.1. The molecule has 1 N–H and O–H groups in total. The van der Waals surface area contributed by atoms with E-state index < -0.39 is 0 Å². The van der Waals surface area contributed by atoms with Gasteiger partial charge in [-0.15, -0.1) is 10.2 Å². The summed E-state index contributed by atoms with van der Waals surface area (Å²) in [6, 6.07) is 0.255. The molecule has 0 bridgehead atoms. The van der Waals surface area contributed by atoms with E-state index in [2.05, 4.69) is 20.4 Å². The molecule has 1 amide bonds. The van der Waals surface area contributed by atoms with Crippen molar-refractivity contribution in [3.05, 3.63) is 5.01 Å². The summed E-state index contributed by atoms with van der Waals surface area (Å²) in [4.78, 5) is 13.4. The number of nitrogens with one attached hydrogen (secondary N) is 1. The summed E-state index contributed by atoms with van der Waals surface area (Å²) in [5, 5.41) is 12.7. The minimum atomic E-state index is 0.0430. The maximum absolute atomic E-state index is 11.1. The van der Waals surface area contributed by atoms with Crippen LogP contribution < -0.4 is 10.1 Å². The Bertz CT molecular complexity index is 424. The van der Waals surface area contributed by atoms with Crippen LogP contribution in [0.3, 0.4) is 0 Å². The summed E-state index contributed by atoms with van der Waals surface area (Å²) in [5.41, 5.74) is 0. The van der Waals surface area contributed by atoms with Crippen molar-refractivity contribution < 1.29 is 9.53 Å². The number of hydrogen-bond donors (Lipinski definition) is 1. The molecule has 1 unspecified atom stereocenters. The Labute approximate surface area is 117 Å². The van der Waals surface area contributed by atoms with E-state index >= 15 is 0 Å². The average Bonchev–Trinajstić information content (AvgIpc) is 2.76. The number of likely N-dealkylation sites (tertiary alicyclic amines) is 1. The quantitative estimate of drug-likeness (QED) is 0.875. The van der Waals surface area contributed by atoms with Crippen molar-refractivity contribution in [2.75, 3.05) is 19.7 Å². The van der Waals surface area contributed by atoms with Crippen LogP contribution in [-0.4, -0.2) is 46.7 Å². The molecular weight excluding hydrogens is 264 g/mol. The summed E-state index contributed by atoms with van der Waals surface area (Å²) < 4.78 is 5.32. The highest BCUT2D eigenvalue weighted by molar-refractivity contribution is 7.13. The molecule has 6 nitrogen and oxygen atoms in total. The van der Waals surface area contributed by atoms with E-state index in [1.165, 1.54) is 11.3 Å². The number of carbonyl (C=O) groups excluding carboxylic acids is 1. The maximum Gasteiger partial charge on any atom is 0.294 e. The van der Waals surface area contributed by atoms with Crippen molar-refractivity contribution in [2.45, 2.75) is 39.3 Å². The fourth-order valence-corrected chi connectivity index (χ4v) is 3.07. The van der Waals surface area contributed by atoms with Crippen LogP contribution in [0.25, 0.3) is 0 Å². The van der Waals surface area contributed by atoms with Gasteiger partial charge in [-0.2, -0.15) is 0 Å². The van der Waals surface area contributed by atoms with E-state index in [1.54, 1.807) is 6.92 Å². The van der Waals surface area contributed by atoms with E-state index in [1.807, 2.05) is 6.92 Å². The molecule has 0 aromatic carbocycles. The molecular formula is C12H20N4O2S. The van der Waals surface area contributed by atoms with Crippen LogP contribution in [-0.2, 0) is 11.3 Å². The Hall–Kier alpha value is -1.21. The Kier molecular flexibility index (Phi) is 5.09. The SMILES string of the molecule is CCOc1nnc(CN2CCCC(NC(C)=O)C2)s1. The fraction of sp³-hybridized carbons (Fsp3) is 0.750. The van der Waals surface area contributed by atoms with Crippen molar-refractivity contribution in [2.24, 2.45) is 0 Å². The van der Waals surface area contributed by atoms with Crippen molar-refractivity contribution in [1.82, 2.24) is 20.4 Å². The van der Waals surface area contributed by atoms with E-state index in [4.69, 9.17) is 4.74 Å². The molecule has 1 aromatic rings. The van der Waals surface area contributed by atoms with Gasteiger partial charge in [0.1, 0.15) is 5.01 Å². The van der Waals surface area contributed by atoms with Gasteiger partial charge < -0.3 is 10.1 Å².